The minimum Gasteiger partial charge on any atom is -0.207 e. The second kappa shape index (κ2) is 3.47. The molecule has 0 saturated carbocycles. The number of nitrogens with zero attached hydrogens (tertiary/aromatic N) is 2. The summed E-state index contributed by atoms with van der Waals surface area (Å²) in [7, 11) is 1.04. The summed E-state index contributed by atoms with van der Waals surface area (Å²) in [4.78, 5) is -0.348. The Hall–Kier alpha value is -0.690. The summed E-state index contributed by atoms with van der Waals surface area (Å²) in [6.07, 6.45) is 0. The van der Waals surface area contributed by atoms with Gasteiger partial charge in [-0.05, 0) is 13.8 Å². The molecule has 4 nitrogen and oxygen atoms in total. The van der Waals surface area contributed by atoms with Crippen molar-refractivity contribution in [2.45, 2.75) is 25.3 Å². The molecule has 80 valence electrons. The standard InChI is InChI=1S/C6H7ClF2N2O2S/c1-3-5(14(7,12)13)4(2)11(10-3)6(8)9/h6H,1-2H3. The highest BCUT2D eigenvalue weighted by Crippen LogP contribution is 2.25. The van der Waals surface area contributed by atoms with Gasteiger partial charge in [0.2, 0.25) is 0 Å². The fourth-order valence-electron chi connectivity index (χ4n) is 1.19. The van der Waals surface area contributed by atoms with Gasteiger partial charge in [-0.2, -0.15) is 13.9 Å². The molecule has 0 N–H and O–H groups in total. The molecular formula is C6H7ClF2N2O2S. The summed E-state index contributed by atoms with van der Waals surface area (Å²) in [6, 6.07) is 0. The lowest BCUT2D eigenvalue weighted by Gasteiger charge is -2.01. The number of halogens is 3. The zero-order valence-corrected chi connectivity index (χ0v) is 8.90. The van der Waals surface area contributed by atoms with Gasteiger partial charge < -0.3 is 0 Å². The first-order valence-corrected chi connectivity index (χ1v) is 5.84. The summed E-state index contributed by atoms with van der Waals surface area (Å²) in [6.45, 7) is -0.344. The van der Waals surface area contributed by atoms with E-state index in [1.165, 1.54) is 13.8 Å². The van der Waals surface area contributed by atoms with Gasteiger partial charge in [-0.25, -0.2) is 13.1 Å². The van der Waals surface area contributed by atoms with Crippen molar-refractivity contribution in [2.75, 3.05) is 0 Å². The van der Waals surface area contributed by atoms with E-state index >= 15 is 0 Å². The van der Waals surface area contributed by atoms with Crippen LogP contribution in [0.25, 0.3) is 0 Å². The SMILES string of the molecule is Cc1nn(C(F)F)c(C)c1S(=O)(=O)Cl. The van der Waals surface area contributed by atoms with Crippen LogP contribution in [0.5, 0.6) is 0 Å². The Balaban J connectivity index is 3.48. The molecule has 0 saturated heterocycles. The van der Waals surface area contributed by atoms with Crippen LogP contribution in [-0.2, 0) is 9.05 Å². The number of hydrogen-bond donors (Lipinski definition) is 0. The van der Waals surface area contributed by atoms with Gasteiger partial charge in [0.05, 0.1) is 11.4 Å². The van der Waals surface area contributed by atoms with Gasteiger partial charge in [0, 0.05) is 10.7 Å². The van der Waals surface area contributed by atoms with Crippen LogP contribution in [0, 0.1) is 13.8 Å². The highest BCUT2D eigenvalue weighted by molar-refractivity contribution is 8.13. The van der Waals surface area contributed by atoms with Crippen LogP contribution >= 0.6 is 10.7 Å². The summed E-state index contributed by atoms with van der Waals surface area (Å²) >= 11 is 0. The Morgan fingerprint density at radius 3 is 2.14 bits per heavy atom. The average Bonchev–Trinajstić information content (AvgIpc) is 2.24. The molecule has 1 aromatic heterocycles. The molecule has 1 heterocycles. The highest BCUT2D eigenvalue weighted by Gasteiger charge is 2.25. The van der Waals surface area contributed by atoms with Crippen LogP contribution in [0.15, 0.2) is 4.90 Å². The van der Waals surface area contributed by atoms with Gasteiger partial charge in [0.1, 0.15) is 4.90 Å². The molecule has 0 unspecified atom stereocenters. The van der Waals surface area contributed by atoms with Crippen molar-refractivity contribution < 1.29 is 17.2 Å². The monoisotopic (exact) mass is 244 g/mol. The smallest absolute Gasteiger partial charge is 0.207 e. The number of hydrogen-bond acceptors (Lipinski definition) is 3. The first kappa shape index (κ1) is 11.4. The molecule has 0 aliphatic heterocycles. The van der Waals surface area contributed by atoms with Gasteiger partial charge in [0.25, 0.3) is 9.05 Å². The maximum Gasteiger partial charge on any atom is 0.333 e. The normalized spacial score (nSPS) is 12.4. The first-order chi connectivity index (χ1) is 6.25. The third-order valence-corrected chi connectivity index (χ3v) is 3.23. The van der Waals surface area contributed by atoms with Crippen LogP contribution < -0.4 is 0 Å². The largest absolute Gasteiger partial charge is 0.333 e. The van der Waals surface area contributed by atoms with Crippen molar-refractivity contribution in [1.82, 2.24) is 9.78 Å². The topological polar surface area (TPSA) is 52.0 Å². The van der Waals surface area contributed by atoms with Crippen molar-refractivity contribution in [3.8, 4) is 0 Å². The molecule has 0 aliphatic rings. The van der Waals surface area contributed by atoms with Crippen LogP contribution in [0.4, 0.5) is 8.78 Å². The Morgan fingerprint density at radius 1 is 1.43 bits per heavy atom. The molecule has 0 fully saturated rings. The Morgan fingerprint density at radius 2 is 1.93 bits per heavy atom. The number of aryl methyl sites for hydroxylation is 1. The van der Waals surface area contributed by atoms with Crippen LogP contribution in [0.1, 0.15) is 17.9 Å². The van der Waals surface area contributed by atoms with E-state index < -0.39 is 15.6 Å². The fraction of sp³-hybridized carbons (Fsp3) is 0.500. The van der Waals surface area contributed by atoms with Crippen molar-refractivity contribution >= 4 is 19.7 Å². The van der Waals surface area contributed by atoms with Crippen LogP contribution in [-0.4, -0.2) is 18.2 Å². The lowest BCUT2D eigenvalue weighted by Crippen LogP contribution is -2.03. The maximum atomic E-state index is 12.3. The molecule has 8 heteroatoms. The Labute approximate surface area is 83.9 Å². The van der Waals surface area contributed by atoms with E-state index in [2.05, 4.69) is 5.10 Å². The summed E-state index contributed by atoms with van der Waals surface area (Å²) in [5, 5.41) is 3.38. The average molecular weight is 245 g/mol. The lowest BCUT2D eigenvalue weighted by atomic mass is 10.4. The molecular weight excluding hydrogens is 238 g/mol. The molecule has 0 amide bonds. The van der Waals surface area contributed by atoms with Crippen molar-refractivity contribution in [3.63, 3.8) is 0 Å². The molecule has 1 aromatic rings. The maximum absolute atomic E-state index is 12.3. The second-order valence-corrected chi connectivity index (χ2v) is 5.16. The highest BCUT2D eigenvalue weighted by atomic mass is 35.7. The van der Waals surface area contributed by atoms with Crippen LogP contribution in [0.2, 0.25) is 0 Å². The predicted molar refractivity (Wildman–Crippen MR) is 46.0 cm³/mol. The lowest BCUT2D eigenvalue weighted by molar-refractivity contribution is 0.0538. The Bertz CT molecular complexity index is 455. The van der Waals surface area contributed by atoms with Gasteiger partial charge in [-0.1, -0.05) is 0 Å². The molecule has 1 rings (SSSR count). The van der Waals surface area contributed by atoms with E-state index in [9.17, 15) is 17.2 Å². The molecule has 0 aliphatic carbocycles. The van der Waals surface area contributed by atoms with Gasteiger partial charge in [-0.3, -0.25) is 0 Å². The molecule has 0 aromatic carbocycles. The predicted octanol–water partition coefficient (Wildman–Crippen LogP) is 1.82. The number of aromatic nitrogens is 2. The van der Waals surface area contributed by atoms with Gasteiger partial charge >= 0.3 is 6.55 Å². The van der Waals surface area contributed by atoms with Crippen LogP contribution in [0.3, 0.4) is 0 Å². The van der Waals surface area contributed by atoms with E-state index in [1.54, 1.807) is 0 Å². The molecule has 14 heavy (non-hydrogen) atoms. The minimum absolute atomic E-state index is 0.0298. The van der Waals surface area contributed by atoms with E-state index in [-0.39, 0.29) is 16.3 Å². The minimum atomic E-state index is -4.02. The fourth-order valence-corrected chi connectivity index (χ4v) is 2.70. The van der Waals surface area contributed by atoms with E-state index in [4.69, 9.17) is 10.7 Å². The van der Waals surface area contributed by atoms with Gasteiger partial charge in [0.15, 0.2) is 0 Å². The molecule has 0 spiro atoms. The number of alkyl halides is 2. The summed E-state index contributed by atoms with van der Waals surface area (Å²) < 4.78 is 46.8. The van der Waals surface area contributed by atoms with E-state index in [0.717, 1.165) is 0 Å². The first-order valence-electron chi connectivity index (χ1n) is 3.53. The molecule has 0 radical (unpaired) electrons. The van der Waals surface area contributed by atoms with E-state index in [1.807, 2.05) is 0 Å². The van der Waals surface area contributed by atoms with Crippen molar-refractivity contribution in [1.29, 1.82) is 0 Å². The van der Waals surface area contributed by atoms with Crippen molar-refractivity contribution in [3.05, 3.63) is 11.4 Å². The zero-order chi connectivity index (χ0) is 11.1. The molecule has 0 atom stereocenters. The van der Waals surface area contributed by atoms with Crippen molar-refractivity contribution in [2.24, 2.45) is 0 Å². The second-order valence-electron chi connectivity index (χ2n) is 2.66. The third kappa shape index (κ3) is 1.88. The third-order valence-electron chi connectivity index (χ3n) is 1.69. The van der Waals surface area contributed by atoms with Gasteiger partial charge in [-0.15, -0.1) is 0 Å². The summed E-state index contributed by atoms with van der Waals surface area (Å²) in [5.74, 6) is 0. The molecule has 0 bridgehead atoms. The zero-order valence-electron chi connectivity index (χ0n) is 7.33. The van der Waals surface area contributed by atoms with E-state index in [0.29, 0.717) is 4.68 Å². The Kier molecular flexibility index (Phi) is 2.82. The summed E-state index contributed by atoms with van der Waals surface area (Å²) in [5.41, 5.74) is -0.190. The number of rotatable bonds is 2. The quantitative estimate of drug-likeness (QED) is 0.746.